The molecule has 0 aliphatic rings. The van der Waals surface area contributed by atoms with Gasteiger partial charge in [-0.25, -0.2) is 0 Å². The first-order valence-electron chi connectivity index (χ1n) is 7.94. The van der Waals surface area contributed by atoms with Gasteiger partial charge in [-0.15, -0.1) is 0 Å². The summed E-state index contributed by atoms with van der Waals surface area (Å²) < 4.78 is 5.21. The molecule has 2 nitrogen and oxygen atoms in total. The smallest absolute Gasteiger partial charge is 0.118 e. The third-order valence-corrected chi connectivity index (χ3v) is 4.25. The van der Waals surface area contributed by atoms with Gasteiger partial charge >= 0.3 is 0 Å². The van der Waals surface area contributed by atoms with Gasteiger partial charge in [-0.1, -0.05) is 39.8 Å². The summed E-state index contributed by atoms with van der Waals surface area (Å²) in [7, 11) is 1.71. The third-order valence-electron chi connectivity index (χ3n) is 4.25. The molecule has 1 aromatic rings. The van der Waals surface area contributed by atoms with Crippen LogP contribution in [0.25, 0.3) is 0 Å². The summed E-state index contributed by atoms with van der Waals surface area (Å²) in [5, 5.41) is 3.72. The molecule has 0 aliphatic heterocycles. The second-order valence-electron chi connectivity index (χ2n) is 6.05. The normalized spacial score (nSPS) is 14.3. The van der Waals surface area contributed by atoms with Gasteiger partial charge in [0.2, 0.25) is 0 Å². The molecule has 0 aliphatic carbocycles. The van der Waals surface area contributed by atoms with Crippen molar-refractivity contribution in [1.82, 2.24) is 5.32 Å². The maximum absolute atomic E-state index is 5.21. The Balaban J connectivity index is 2.55. The first-order chi connectivity index (χ1) is 9.58. The van der Waals surface area contributed by atoms with Crippen LogP contribution < -0.4 is 10.1 Å². The average molecular weight is 277 g/mol. The Morgan fingerprint density at radius 3 is 2.25 bits per heavy atom. The summed E-state index contributed by atoms with van der Waals surface area (Å²) in [6.07, 6.45) is 3.53. The van der Waals surface area contributed by atoms with Crippen molar-refractivity contribution in [3.63, 3.8) is 0 Å². The SMILES string of the molecule is CCCNC(CCc1ccc(OC)cc1)C(C)C(C)C. The van der Waals surface area contributed by atoms with Gasteiger partial charge in [-0.3, -0.25) is 0 Å². The van der Waals surface area contributed by atoms with Gasteiger partial charge < -0.3 is 10.1 Å². The molecule has 0 saturated heterocycles. The molecule has 0 bridgehead atoms. The fraction of sp³-hybridized carbons (Fsp3) is 0.667. The van der Waals surface area contributed by atoms with Crippen molar-refractivity contribution < 1.29 is 4.74 Å². The van der Waals surface area contributed by atoms with E-state index in [9.17, 15) is 0 Å². The molecule has 1 N–H and O–H groups in total. The van der Waals surface area contributed by atoms with Gasteiger partial charge in [0.05, 0.1) is 7.11 Å². The highest BCUT2D eigenvalue weighted by Gasteiger charge is 2.19. The maximum atomic E-state index is 5.21. The van der Waals surface area contributed by atoms with Crippen LogP contribution in [-0.2, 0) is 6.42 Å². The van der Waals surface area contributed by atoms with Gasteiger partial charge in [0.15, 0.2) is 0 Å². The lowest BCUT2D eigenvalue weighted by Crippen LogP contribution is -2.38. The van der Waals surface area contributed by atoms with Crippen LogP contribution in [0.2, 0.25) is 0 Å². The molecule has 0 radical (unpaired) electrons. The molecule has 2 unspecified atom stereocenters. The lowest BCUT2D eigenvalue weighted by Gasteiger charge is -2.28. The fourth-order valence-electron chi connectivity index (χ4n) is 2.46. The van der Waals surface area contributed by atoms with Crippen LogP contribution in [0.1, 0.15) is 46.1 Å². The average Bonchev–Trinajstić information content (AvgIpc) is 2.47. The summed E-state index contributed by atoms with van der Waals surface area (Å²) in [4.78, 5) is 0. The number of aryl methyl sites for hydroxylation is 1. The van der Waals surface area contributed by atoms with Crippen molar-refractivity contribution in [2.24, 2.45) is 11.8 Å². The van der Waals surface area contributed by atoms with E-state index in [0.717, 1.165) is 24.6 Å². The summed E-state index contributed by atoms with van der Waals surface area (Å²) in [6, 6.07) is 9.06. The number of benzene rings is 1. The number of rotatable bonds is 9. The minimum absolute atomic E-state index is 0.608. The van der Waals surface area contributed by atoms with Crippen LogP contribution in [0.5, 0.6) is 5.75 Å². The Hall–Kier alpha value is -1.02. The van der Waals surface area contributed by atoms with Gasteiger partial charge in [0.1, 0.15) is 5.75 Å². The Bertz CT molecular complexity index is 358. The van der Waals surface area contributed by atoms with E-state index in [1.807, 2.05) is 0 Å². The van der Waals surface area contributed by atoms with E-state index < -0.39 is 0 Å². The monoisotopic (exact) mass is 277 g/mol. The first-order valence-corrected chi connectivity index (χ1v) is 7.94. The van der Waals surface area contributed by atoms with E-state index in [4.69, 9.17) is 4.74 Å². The minimum atomic E-state index is 0.608. The lowest BCUT2D eigenvalue weighted by molar-refractivity contribution is 0.286. The molecule has 0 saturated carbocycles. The zero-order valence-corrected chi connectivity index (χ0v) is 13.8. The summed E-state index contributed by atoms with van der Waals surface area (Å²) in [5.74, 6) is 2.37. The van der Waals surface area contributed by atoms with E-state index in [0.29, 0.717) is 12.0 Å². The van der Waals surface area contributed by atoms with Crippen LogP contribution in [0.15, 0.2) is 24.3 Å². The zero-order chi connectivity index (χ0) is 15.0. The van der Waals surface area contributed by atoms with Crippen LogP contribution in [0.4, 0.5) is 0 Å². The van der Waals surface area contributed by atoms with Crippen molar-refractivity contribution in [3.05, 3.63) is 29.8 Å². The zero-order valence-electron chi connectivity index (χ0n) is 13.8. The van der Waals surface area contributed by atoms with Crippen LogP contribution >= 0.6 is 0 Å². The molecule has 1 rings (SSSR count). The molecule has 2 heteroatoms. The van der Waals surface area contributed by atoms with Gasteiger partial charge in [-0.05, 0) is 55.3 Å². The Morgan fingerprint density at radius 1 is 1.10 bits per heavy atom. The van der Waals surface area contributed by atoms with E-state index in [-0.39, 0.29) is 0 Å². The number of hydrogen-bond donors (Lipinski definition) is 1. The Labute approximate surface area is 124 Å². The summed E-state index contributed by atoms with van der Waals surface area (Å²) in [6.45, 7) is 10.3. The quantitative estimate of drug-likeness (QED) is 0.727. The molecule has 1 aromatic carbocycles. The summed E-state index contributed by atoms with van der Waals surface area (Å²) >= 11 is 0. The minimum Gasteiger partial charge on any atom is -0.497 e. The molecule has 20 heavy (non-hydrogen) atoms. The second kappa shape index (κ2) is 9.02. The molecular formula is C18H31NO. The van der Waals surface area contributed by atoms with E-state index in [2.05, 4.69) is 57.3 Å². The predicted molar refractivity (Wildman–Crippen MR) is 87.4 cm³/mol. The van der Waals surface area contributed by atoms with E-state index in [1.165, 1.54) is 18.4 Å². The molecule has 0 heterocycles. The molecule has 114 valence electrons. The molecule has 0 amide bonds. The Kier molecular flexibility index (Phi) is 7.68. The van der Waals surface area contributed by atoms with Crippen molar-refractivity contribution in [2.75, 3.05) is 13.7 Å². The number of methoxy groups -OCH3 is 1. The van der Waals surface area contributed by atoms with E-state index in [1.54, 1.807) is 7.11 Å². The third kappa shape index (κ3) is 5.54. The van der Waals surface area contributed by atoms with Crippen molar-refractivity contribution in [2.45, 2.75) is 53.0 Å². The summed E-state index contributed by atoms with van der Waals surface area (Å²) in [5.41, 5.74) is 1.39. The van der Waals surface area contributed by atoms with Crippen molar-refractivity contribution >= 4 is 0 Å². The standard InChI is InChI=1S/C18H31NO/c1-6-13-19-18(15(4)14(2)3)12-9-16-7-10-17(20-5)11-8-16/h7-8,10-11,14-15,18-19H,6,9,12-13H2,1-5H3. The molecular weight excluding hydrogens is 246 g/mol. The highest BCUT2D eigenvalue weighted by atomic mass is 16.5. The number of hydrogen-bond acceptors (Lipinski definition) is 2. The van der Waals surface area contributed by atoms with Crippen molar-refractivity contribution in [3.8, 4) is 5.75 Å². The molecule has 0 aromatic heterocycles. The highest BCUT2D eigenvalue weighted by molar-refractivity contribution is 5.27. The number of nitrogens with one attached hydrogen (secondary N) is 1. The highest BCUT2D eigenvalue weighted by Crippen LogP contribution is 2.20. The predicted octanol–water partition coefficient (Wildman–Crippen LogP) is 4.29. The number of ether oxygens (including phenoxy) is 1. The maximum Gasteiger partial charge on any atom is 0.118 e. The molecule has 0 fully saturated rings. The second-order valence-corrected chi connectivity index (χ2v) is 6.05. The first kappa shape index (κ1) is 17.0. The topological polar surface area (TPSA) is 21.3 Å². The fourth-order valence-corrected chi connectivity index (χ4v) is 2.46. The largest absolute Gasteiger partial charge is 0.497 e. The van der Waals surface area contributed by atoms with Crippen LogP contribution in [0.3, 0.4) is 0 Å². The van der Waals surface area contributed by atoms with Gasteiger partial charge in [0, 0.05) is 6.04 Å². The van der Waals surface area contributed by atoms with Crippen LogP contribution in [0, 0.1) is 11.8 Å². The van der Waals surface area contributed by atoms with E-state index >= 15 is 0 Å². The van der Waals surface area contributed by atoms with Crippen LogP contribution in [-0.4, -0.2) is 19.7 Å². The van der Waals surface area contributed by atoms with Gasteiger partial charge in [-0.2, -0.15) is 0 Å². The lowest BCUT2D eigenvalue weighted by atomic mass is 9.87. The Morgan fingerprint density at radius 2 is 1.75 bits per heavy atom. The molecule has 0 spiro atoms. The van der Waals surface area contributed by atoms with Crippen molar-refractivity contribution in [1.29, 1.82) is 0 Å². The van der Waals surface area contributed by atoms with Gasteiger partial charge in [0.25, 0.3) is 0 Å². The molecule has 2 atom stereocenters.